The van der Waals surface area contributed by atoms with Gasteiger partial charge in [-0.3, -0.25) is 4.79 Å². The zero-order valence-electron chi connectivity index (χ0n) is 12.2. The van der Waals surface area contributed by atoms with E-state index in [1.165, 1.54) is 5.56 Å². The molecule has 110 valence electrons. The molecule has 0 spiro atoms. The zero-order chi connectivity index (χ0) is 14.7. The Balaban J connectivity index is 1.57. The molecule has 2 fully saturated rings. The average molecular weight is 283 g/mol. The lowest BCUT2D eigenvalue weighted by atomic mass is 9.96. The van der Waals surface area contributed by atoms with Crippen LogP contribution in [-0.2, 0) is 11.2 Å². The van der Waals surface area contributed by atoms with Crippen LogP contribution in [0.1, 0.15) is 24.8 Å². The Bertz CT molecular complexity index is 537. The second-order valence-corrected chi connectivity index (χ2v) is 6.07. The molecule has 21 heavy (non-hydrogen) atoms. The molecule has 4 nitrogen and oxygen atoms in total. The van der Waals surface area contributed by atoms with E-state index < -0.39 is 0 Å². The number of benzene rings is 1. The number of likely N-dealkylation sites (tertiary alicyclic amines) is 1. The lowest BCUT2D eigenvalue weighted by Crippen LogP contribution is -2.45. The summed E-state index contributed by atoms with van der Waals surface area (Å²) in [6, 6.07) is 12.3. The molecule has 3 rings (SSSR count). The molecule has 0 radical (unpaired) electrons. The van der Waals surface area contributed by atoms with E-state index >= 15 is 0 Å². The van der Waals surface area contributed by atoms with Crippen LogP contribution in [0, 0.1) is 17.2 Å². The average Bonchev–Trinajstić information content (AvgIpc) is 3.16. The topological polar surface area (TPSA) is 56.1 Å². The van der Waals surface area contributed by atoms with Crippen molar-refractivity contribution in [2.24, 2.45) is 5.92 Å². The van der Waals surface area contributed by atoms with Crippen molar-refractivity contribution in [1.29, 1.82) is 5.26 Å². The fraction of sp³-hybridized carbons (Fsp3) is 0.529. The fourth-order valence-electron chi connectivity index (χ4n) is 3.46. The Hall–Kier alpha value is -1.86. The number of nitrogens with zero attached hydrogens (tertiary/aromatic N) is 2. The molecule has 3 atom stereocenters. The van der Waals surface area contributed by atoms with E-state index in [0.717, 1.165) is 38.8 Å². The minimum Gasteiger partial charge on any atom is -0.325 e. The minimum absolute atomic E-state index is 0.104. The largest absolute Gasteiger partial charge is 0.325 e. The van der Waals surface area contributed by atoms with E-state index in [2.05, 4.69) is 35.7 Å². The van der Waals surface area contributed by atoms with Gasteiger partial charge in [-0.2, -0.15) is 5.26 Å². The Labute approximate surface area is 125 Å². The fourth-order valence-corrected chi connectivity index (χ4v) is 3.46. The summed E-state index contributed by atoms with van der Waals surface area (Å²) < 4.78 is 0. The molecular formula is C17H21N3O. The smallest absolute Gasteiger partial charge is 0.240 e. The van der Waals surface area contributed by atoms with Gasteiger partial charge in [-0.25, -0.2) is 0 Å². The van der Waals surface area contributed by atoms with Crippen molar-refractivity contribution in [2.45, 2.75) is 37.8 Å². The molecule has 0 aliphatic carbocycles. The Morgan fingerprint density at radius 3 is 2.95 bits per heavy atom. The van der Waals surface area contributed by atoms with Crippen molar-refractivity contribution < 1.29 is 4.79 Å². The van der Waals surface area contributed by atoms with Crippen LogP contribution < -0.4 is 5.32 Å². The minimum atomic E-state index is -0.215. The normalized spacial score (nSPS) is 28.5. The first-order chi connectivity index (χ1) is 10.3. The van der Waals surface area contributed by atoms with Crippen molar-refractivity contribution in [3.8, 4) is 6.07 Å². The lowest BCUT2D eigenvalue weighted by Gasteiger charge is -2.23. The molecule has 2 aliphatic rings. The number of carbonyl (C=O) groups excluding carboxylic acids is 1. The molecule has 2 saturated heterocycles. The van der Waals surface area contributed by atoms with Gasteiger partial charge in [0.2, 0.25) is 5.91 Å². The van der Waals surface area contributed by atoms with Crippen molar-refractivity contribution in [2.75, 3.05) is 13.1 Å². The maximum absolute atomic E-state index is 12.5. The van der Waals surface area contributed by atoms with Gasteiger partial charge in [-0.05, 0) is 43.7 Å². The first-order valence-electron chi connectivity index (χ1n) is 7.75. The second-order valence-electron chi connectivity index (χ2n) is 6.07. The van der Waals surface area contributed by atoms with Crippen LogP contribution >= 0.6 is 0 Å². The summed E-state index contributed by atoms with van der Waals surface area (Å²) in [5.41, 5.74) is 1.33. The molecule has 1 aromatic carbocycles. The molecule has 1 amide bonds. The van der Waals surface area contributed by atoms with Gasteiger partial charge in [0.15, 0.2) is 0 Å². The van der Waals surface area contributed by atoms with Gasteiger partial charge >= 0.3 is 0 Å². The van der Waals surface area contributed by atoms with Crippen LogP contribution in [0.5, 0.6) is 0 Å². The summed E-state index contributed by atoms with van der Waals surface area (Å²) >= 11 is 0. The standard InChI is InChI=1S/C17H21N3O/c18-11-15-7-4-8-20(15)17(21)16-10-14(12-19-16)9-13-5-2-1-3-6-13/h1-3,5-6,14-16,19H,4,7-10,12H2. The van der Waals surface area contributed by atoms with E-state index in [4.69, 9.17) is 5.26 Å². The molecule has 1 aromatic rings. The predicted octanol–water partition coefficient (Wildman–Crippen LogP) is 1.72. The van der Waals surface area contributed by atoms with Crippen molar-refractivity contribution in [1.82, 2.24) is 10.2 Å². The number of carbonyl (C=O) groups is 1. The zero-order valence-corrected chi connectivity index (χ0v) is 12.2. The number of nitriles is 1. The van der Waals surface area contributed by atoms with Crippen LogP contribution in [0.2, 0.25) is 0 Å². The highest BCUT2D eigenvalue weighted by Crippen LogP contribution is 2.24. The molecule has 3 unspecified atom stereocenters. The third-order valence-corrected chi connectivity index (χ3v) is 4.57. The summed E-state index contributed by atoms with van der Waals surface area (Å²) in [5, 5.41) is 12.5. The van der Waals surface area contributed by atoms with Crippen LogP contribution in [0.4, 0.5) is 0 Å². The van der Waals surface area contributed by atoms with Crippen LogP contribution in [0.3, 0.4) is 0 Å². The van der Waals surface area contributed by atoms with Crippen LogP contribution in [0.15, 0.2) is 30.3 Å². The van der Waals surface area contributed by atoms with Crippen LogP contribution in [-0.4, -0.2) is 36.0 Å². The van der Waals surface area contributed by atoms with E-state index in [1.54, 1.807) is 4.90 Å². The second kappa shape index (κ2) is 6.28. The molecule has 2 aliphatic heterocycles. The van der Waals surface area contributed by atoms with E-state index in [9.17, 15) is 4.79 Å². The number of hydrogen-bond acceptors (Lipinski definition) is 3. The molecule has 0 bridgehead atoms. The van der Waals surface area contributed by atoms with Gasteiger partial charge in [-0.15, -0.1) is 0 Å². The summed E-state index contributed by atoms with van der Waals surface area (Å²) in [6.07, 6.45) is 3.66. The molecule has 0 aromatic heterocycles. The first-order valence-corrected chi connectivity index (χ1v) is 7.75. The summed E-state index contributed by atoms with van der Waals surface area (Å²) in [4.78, 5) is 14.3. The maximum Gasteiger partial charge on any atom is 0.240 e. The van der Waals surface area contributed by atoms with Gasteiger partial charge in [0.25, 0.3) is 0 Å². The Morgan fingerprint density at radius 2 is 2.19 bits per heavy atom. The highest BCUT2D eigenvalue weighted by molar-refractivity contribution is 5.83. The highest BCUT2D eigenvalue weighted by atomic mass is 16.2. The summed E-state index contributed by atoms with van der Waals surface area (Å²) in [6.45, 7) is 1.62. The first kappa shape index (κ1) is 14.1. The maximum atomic E-state index is 12.5. The number of nitrogens with one attached hydrogen (secondary N) is 1. The SMILES string of the molecule is N#CC1CCCN1C(=O)C1CC(Cc2ccccc2)CN1. The van der Waals surface area contributed by atoms with Gasteiger partial charge in [0, 0.05) is 6.54 Å². The van der Waals surface area contributed by atoms with Crippen molar-refractivity contribution >= 4 is 5.91 Å². The van der Waals surface area contributed by atoms with Gasteiger partial charge in [0.05, 0.1) is 12.1 Å². The Morgan fingerprint density at radius 1 is 1.38 bits per heavy atom. The molecule has 2 heterocycles. The number of amides is 1. The summed E-state index contributed by atoms with van der Waals surface area (Å²) in [5.74, 6) is 0.624. The molecular weight excluding hydrogens is 262 g/mol. The molecule has 1 N–H and O–H groups in total. The van der Waals surface area contributed by atoms with Crippen LogP contribution in [0.25, 0.3) is 0 Å². The lowest BCUT2D eigenvalue weighted by molar-refractivity contribution is -0.133. The summed E-state index contributed by atoms with van der Waals surface area (Å²) in [7, 11) is 0. The number of rotatable bonds is 3. The predicted molar refractivity (Wildman–Crippen MR) is 80.4 cm³/mol. The third kappa shape index (κ3) is 3.08. The van der Waals surface area contributed by atoms with Crippen molar-refractivity contribution in [3.63, 3.8) is 0 Å². The van der Waals surface area contributed by atoms with Gasteiger partial charge < -0.3 is 10.2 Å². The van der Waals surface area contributed by atoms with E-state index in [-0.39, 0.29) is 18.0 Å². The van der Waals surface area contributed by atoms with Gasteiger partial charge in [0.1, 0.15) is 6.04 Å². The molecule has 4 heteroatoms. The quantitative estimate of drug-likeness (QED) is 0.919. The van der Waals surface area contributed by atoms with E-state index in [1.807, 2.05) is 6.07 Å². The Kier molecular flexibility index (Phi) is 4.21. The van der Waals surface area contributed by atoms with E-state index in [0.29, 0.717) is 5.92 Å². The van der Waals surface area contributed by atoms with Gasteiger partial charge in [-0.1, -0.05) is 30.3 Å². The highest BCUT2D eigenvalue weighted by Gasteiger charge is 2.36. The number of hydrogen-bond donors (Lipinski definition) is 1. The third-order valence-electron chi connectivity index (χ3n) is 4.57. The monoisotopic (exact) mass is 283 g/mol. The van der Waals surface area contributed by atoms with Crippen molar-refractivity contribution in [3.05, 3.63) is 35.9 Å². The molecule has 0 saturated carbocycles.